The molecule has 0 saturated carbocycles. The monoisotopic (exact) mass is 307 g/mol. The van der Waals surface area contributed by atoms with Gasteiger partial charge in [-0.2, -0.15) is 5.10 Å². The van der Waals surface area contributed by atoms with Crippen molar-refractivity contribution in [1.29, 1.82) is 0 Å². The molecule has 0 radical (unpaired) electrons. The van der Waals surface area contributed by atoms with Crippen LogP contribution in [0.4, 0.5) is 4.39 Å². The maximum Gasteiger partial charge on any atom is 0.143 e. The average molecular weight is 308 g/mol. The molecule has 0 spiro atoms. The van der Waals surface area contributed by atoms with Gasteiger partial charge in [0.25, 0.3) is 0 Å². The second kappa shape index (κ2) is 5.11. The van der Waals surface area contributed by atoms with E-state index in [1.807, 2.05) is 17.9 Å². The van der Waals surface area contributed by atoms with Gasteiger partial charge in [0, 0.05) is 23.4 Å². The van der Waals surface area contributed by atoms with E-state index in [-0.39, 0.29) is 16.5 Å². The lowest BCUT2D eigenvalue weighted by Gasteiger charge is -2.35. The number of nitrogens with one attached hydrogen (secondary N) is 1. The molecule has 1 heterocycles. The smallest absolute Gasteiger partial charge is 0.143 e. The fraction of sp³-hybridized carbons (Fsp3) is 0.438. The summed E-state index contributed by atoms with van der Waals surface area (Å²) in [6, 6.07) is 5.10. The van der Waals surface area contributed by atoms with Gasteiger partial charge in [-0.25, -0.2) is 9.07 Å². The Labute approximate surface area is 129 Å². The zero-order chi connectivity index (χ0) is 15.2. The van der Waals surface area contributed by atoms with Crippen molar-refractivity contribution in [3.05, 3.63) is 46.5 Å². The molecular formula is C16H19ClFN3. The Balaban J connectivity index is 2.10. The van der Waals surface area contributed by atoms with Gasteiger partial charge in [-0.3, -0.25) is 0 Å². The predicted molar refractivity (Wildman–Crippen MR) is 82.4 cm³/mol. The van der Waals surface area contributed by atoms with E-state index < -0.39 is 5.82 Å². The number of benzene rings is 1. The fourth-order valence-corrected chi connectivity index (χ4v) is 3.26. The minimum absolute atomic E-state index is 0.133. The Morgan fingerprint density at radius 2 is 2.19 bits per heavy atom. The SMILES string of the molecule is CNC1CC(C)(C)Cc2c1cnn2-c1ccc(Cl)c(F)c1. The van der Waals surface area contributed by atoms with Crippen LogP contribution in [0.5, 0.6) is 0 Å². The molecule has 21 heavy (non-hydrogen) atoms. The van der Waals surface area contributed by atoms with Gasteiger partial charge in [-0.1, -0.05) is 25.4 Å². The molecule has 1 aromatic carbocycles. The van der Waals surface area contributed by atoms with Crippen molar-refractivity contribution in [3.63, 3.8) is 0 Å². The minimum atomic E-state index is -0.418. The number of nitrogens with zero attached hydrogens (tertiary/aromatic N) is 2. The molecule has 5 heteroatoms. The van der Waals surface area contributed by atoms with Crippen LogP contribution in [0.25, 0.3) is 5.69 Å². The Hall–Kier alpha value is -1.39. The van der Waals surface area contributed by atoms with Crippen molar-refractivity contribution in [2.24, 2.45) is 5.41 Å². The van der Waals surface area contributed by atoms with Crippen LogP contribution in [0.3, 0.4) is 0 Å². The molecule has 3 rings (SSSR count). The van der Waals surface area contributed by atoms with Crippen molar-refractivity contribution >= 4 is 11.6 Å². The standard InChI is InChI=1S/C16H19ClFN3/c1-16(2)7-14(19-3)11-9-20-21(15(11)8-16)10-4-5-12(17)13(18)6-10/h4-6,9,14,19H,7-8H2,1-3H3. The van der Waals surface area contributed by atoms with Crippen molar-refractivity contribution < 1.29 is 4.39 Å². The average Bonchev–Trinajstić information content (AvgIpc) is 2.83. The lowest BCUT2D eigenvalue weighted by molar-refractivity contribution is 0.260. The maximum absolute atomic E-state index is 13.7. The highest BCUT2D eigenvalue weighted by Crippen LogP contribution is 2.41. The van der Waals surface area contributed by atoms with Gasteiger partial charge in [-0.15, -0.1) is 0 Å². The number of fused-ring (bicyclic) bond motifs is 1. The van der Waals surface area contributed by atoms with E-state index in [9.17, 15) is 4.39 Å². The second-order valence-corrected chi connectivity index (χ2v) is 6.85. The lowest BCUT2D eigenvalue weighted by atomic mass is 9.74. The first-order valence-corrected chi connectivity index (χ1v) is 7.48. The molecular weight excluding hydrogens is 289 g/mol. The zero-order valence-electron chi connectivity index (χ0n) is 12.5. The summed E-state index contributed by atoms with van der Waals surface area (Å²) >= 11 is 5.76. The molecule has 0 amide bonds. The van der Waals surface area contributed by atoms with Crippen LogP contribution in [0, 0.1) is 11.2 Å². The van der Waals surface area contributed by atoms with Crippen molar-refractivity contribution in [1.82, 2.24) is 15.1 Å². The third kappa shape index (κ3) is 2.58. The van der Waals surface area contributed by atoms with Crippen molar-refractivity contribution in [2.45, 2.75) is 32.7 Å². The molecule has 1 aliphatic carbocycles. The van der Waals surface area contributed by atoms with Gasteiger partial charge >= 0.3 is 0 Å². The largest absolute Gasteiger partial charge is 0.313 e. The van der Waals surface area contributed by atoms with Gasteiger partial charge < -0.3 is 5.32 Å². The van der Waals surface area contributed by atoms with Crippen LogP contribution in [0.2, 0.25) is 5.02 Å². The number of hydrogen-bond acceptors (Lipinski definition) is 2. The third-order valence-electron chi connectivity index (χ3n) is 4.18. The number of rotatable bonds is 2. The van der Waals surface area contributed by atoms with E-state index in [2.05, 4.69) is 24.3 Å². The van der Waals surface area contributed by atoms with Gasteiger partial charge in [0.05, 0.1) is 16.9 Å². The van der Waals surface area contributed by atoms with Crippen LogP contribution in [-0.2, 0) is 6.42 Å². The molecule has 1 atom stereocenters. The van der Waals surface area contributed by atoms with Crippen LogP contribution in [-0.4, -0.2) is 16.8 Å². The Morgan fingerprint density at radius 3 is 2.86 bits per heavy atom. The Kier molecular flexibility index (Phi) is 3.54. The first kappa shape index (κ1) is 14.5. The molecule has 112 valence electrons. The summed E-state index contributed by atoms with van der Waals surface area (Å²) in [5, 5.41) is 7.95. The van der Waals surface area contributed by atoms with Gasteiger partial charge in [-0.05, 0) is 37.4 Å². The van der Waals surface area contributed by atoms with E-state index in [4.69, 9.17) is 11.6 Å². The number of hydrogen-bond donors (Lipinski definition) is 1. The predicted octanol–water partition coefficient (Wildman–Crippen LogP) is 3.90. The van der Waals surface area contributed by atoms with E-state index in [1.165, 1.54) is 11.6 Å². The van der Waals surface area contributed by atoms with E-state index in [1.54, 1.807) is 12.1 Å². The third-order valence-corrected chi connectivity index (χ3v) is 4.48. The van der Waals surface area contributed by atoms with E-state index in [0.717, 1.165) is 18.5 Å². The zero-order valence-corrected chi connectivity index (χ0v) is 13.2. The first-order chi connectivity index (χ1) is 9.91. The van der Waals surface area contributed by atoms with Crippen molar-refractivity contribution in [2.75, 3.05) is 7.05 Å². The van der Waals surface area contributed by atoms with Gasteiger partial charge in [0.1, 0.15) is 5.82 Å². The van der Waals surface area contributed by atoms with Crippen molar-refractivity contribution in [3.8, 4) is 5.69 Å². The summed E-state index contributed by atoms with van der Waals surface area (Å²) in [6.45, 7) is 4.50. The summed E-state index contributed by atoms with van der Waals surface area (Å²) in [5.41, 5.74) is 3.24. The van der Waals surface area contributed by atoms with Crippen LogP contribution in [0.1, 0.15) is 37.6 Å². The van der Waals surface area contributed by atoms with Crippen LogP contribution >= 0.6 is 11.6 Å². The molecule has 1 N–H and O–H groups in total. The molecule has 3 nitrogen and oxygen atoms in total. The van der Waals surface area contributed by atoms with Crippen LogP contribution < -0.4 is 5.32 Å². The van der Waals surface area contributed by atoms with E-state index >= 15 is 0 Å². The minimum Gasteiger partial charge on any atom is -0.313 e. The van der Waals surface area contributed by atoms with Gasteiger partial charge in [0.2, 0.25) is 0 Å². The lowest BCUT2D eigenvalue weighted by Crippen LogP contribution is -2.32. The fourth-order valence-electron chi connectivity index (χ4n) is 3.14. The molecule has 1 aliphatic rings. The second-order valence-electron chi connectivity index (χ2n) is 6.44. The Morgan fingerprint density at radius 1 is 1.43 bits per heavy atom. The summed E-state index contributed by atoms with van der Waals surface area (Å²) in [5.74, 6) is -0.418. The topological polar surface area (TPSA) is 29.9 Å². The maximum atomic E-state index is 13.7. The highest BCUT2D eigenvalue weighted by Gasteiger charge is 2.34. The summed E-state index contributed by atoms with van der Waals surface area (Å²) in [6.07, 6.45) is 3.88. The first-order valence-electron chi connectivity index (χ1n) is 7.11. The molecule has 1 unspecified atom stereocenters. The summed E-state index contributed by atoms with van der Waals surface area (Å²) in [7, 11) is 1.97. The number of aromatic nitrogens is 2. The molecule has 0 aliphatic heterocycles. The molecule has 0 saturated heterocycles. The highest BCUT2D eigenvalue weighted by atomic mass is 35.5. The molecule has 1 aromatic heterocycles. The summed E-state index contributed by atoms with van der Waals surface area (Å²) in [4.78, 5) is 0. The molecule has 2 aromatic rings. The summed E-state index contributed by atoms with van der Waals surface area (Å²) < 4.78 is 15.5. The number of halogens is 2. The van der Waals surface area contributed by atoms with Gasteiger partial charge in [0.15, 0.2) is 0 Å². The van der Waals surface area contributed by atoms with Crippen LogP contribution in [0.15, 0.2) is 24.4 Å². The Bertz CT molecular complexity index is 678. The highest BCUT2D eigenvalue weighted by molar-refractivity contribution is 6.30. The normalized spacial score (nSPS) is 20.3. The quantitative estimate of drug-likeness (QED) is 0.912. The molecule has 0 fully saturated rings. The van der Waals surface area contributed by atoms with E-state index in [0.29, 0.717) is 5.69 Å². The molecule has 0 bridgehead atoms.